The third kappa shape index (κ3) is 3.40. The molecule has 4 heteroatoms. The Bertz CT molecular complexity index is 108. The van der Waals surface area contributed by atoms with Gasteiger partial charge in [-0.2, -0.15) is 0 Å². The maximum Gasteiger partial charge on any atom is 0.236 e. The molecule has 3 nitrogen and oxygen atoms in total. The molecular formula is C6H13FN2O. The van der Waals surface area contributed by atoms with Gasteiger partial charge in [0, 0.05) is 20.0 Å². The molecule has 0 unspecified atom stereocenters. The molecule has 0 saturated carbocycles. The maximum atomic E-state index is 11.5. The molecule has 1 amide bonds. The van der Waals surface area contributed by atoms with Crippen LogP contribution >= 0.6 is 0 Å². The van der Waals surface area contributed by atoms with E-state index < -0.39 is 6.67 Å². The average molecular weight is 148 g/mol. The third-order valence-corrected chi connectivity index (χ3v) is 1.12. The Balaban J connectivity index is 3.41. The second-order valence-electron chi connectivity index (χ2n) is 1.90. The fraction of sp³-hybridized carbons (Fsp3) is 0.833. The minimum absolute atomic E-state index is 0.0338. The first-order valence-corrected chi connectivity index (χ1v) is 3.28. The average Bonchev–Trinajstić information content (AvgIpc) is 1.98. The van der Waals surface area contributed by atoms with E-state index in [9.17, 15) is 9.18 Å². The minimum atomic E-state index is -0.457. The van der Waals surface area contributed by atoms with Crippen LogP contribution in [-0.2, 0) is 4.79 Å². The predicted octanol–water partition coefficient (Wildman–Crippen LogP) is 0.329. The molecule has 0 heterocycles. The SMILES string of the molecule is CCC(=O)N(C)NCCF. The number of amides is 1. The first-order chi connectivity index (χ1) is 4.72. The van der Waals surface area contributed by atoms with Gasteiger partial charge in [-0.05, 0) is 0 Å². The van der Waals surface area contributed by atoms with Crippen molar-refractivity contribution in [3.8, 4) is 0 Å². The molecule has 0 aromatic heterocycles. The zero-order valence-electron chi connectivity index (χ0n) is 6.35. The minimum Gasteiger partial charge on any atom is -0.281 e. The summed E-state index contributed by atoms with van der Waals surface area (Å²) < 4.78 is 11.5. The molecule has 0 rings (SSSR count). The van der Waals surface area contributed by atoms with E-state index in [2.05, 4.69) is 5.43 Å². The molecule has 10 heavy (non-hydrogen) atoms. The molecule has 0 atom stereocenters. The molecule has 0 aliphatic rings. The zero-order chi connectivity index (χ0) is 7.98. The van der Waals surface area contributed by atoms with Gasteiger partial charge in [0.25, 0.3) is 0 Å². The number of hydrogen-bond donors (Lipinski definition) is 1. The van der Waals surface area contributed by atoms with Gasteiger partial charge >= 0.3 is 0 Å². The lowest BCUT2D eigenvalue weighted by molar-refractivity contribution is -0.132. The molecule has 0 fully saturated rings. The molecular weight excluding hydrogens is 135 g/mol. The fourth-order valence-electron chi connectivity index (χ4n) is 0.535. The number of carbonyl (C=O) groups is 1. The van der Waals surface area contributed by atoms with Crippen molar-refractivity contribution in [1.82, 2.24) is 10.4 Å². The first kappa shape index (κ1) is 9.36. The highest BCUT2D eigenvalue weighted by Crippen LogP contribution is 1.83. The van der Waals surface area contributed by atoms with Gasteiger partial charge < -0.3 is 0 Å². The Kier molecular flexibility index (Phi) is 4.84. The zero-order valence-corrected chi connectivity index (χ0v) is 6.35. The number of nitrogens with zero attached hydrogens (tertiary/aromatic N) is 1. The van der Waals surface area contributed by atoms with E-state index in [-0.39, 0.29) is 12.5 Å². The molecule has 0 bridgehead atoms. The van der Waals surface area contributed by atoms with Crippen LogP contribution in [0.25, 0.3) is 0 Å². The van der Waals surface area contributed by atoms with E-state index in [4.69, 9.17) is 0 Å². The highest BCUT2D eigenvalue weighted by atomic mass is 19.1. The highest BCUT2D eigenvalue weighted by Gasteiger charge is 2.02. The number of halogens is 1. The van der Waals surface area contributed by atoms with Crippen molar-refractivity contribution in [3.05, 3.63) is 0 Å². The molecule has 0 spiro atoms. The molecule has 0 aromatic carbocycles. The molecule has 1 N–H and O–H groups in total. The summed E-state index contributed by atoms with van der Waals surface area (Å²) in [5.41, 5.74) is 2.59. The lowest BCUT2D eigenvalue weighted by Crippen LogP contribution is -2.40. The number of nitrogens with one attached hydrogen (secondary N) is 1. The monoisotopic (exact) mass is 148 g/mol. The van der Waals surface area contributed by atoms with E-state index in [1.165, 1.54) is 5.01 Å². The number of rotatable bonds is 4. The molecule has 0 saturated heterocycles. The molecule has 0 aliphatic heterocycles. The van der Waals surface area contributed by atoms with Gasteiger partial charge in [0.05, 0.1) is 0 Å². The third-order valence-electron chi connectivity index (χ3n) is 1.12. The van der Waals surface area contributed by atoms with Crippen molar-refractivity contribution in [2.45, 2.75) is 13.3 Å². The van der Waals surface area contributed by atoms with Crippen LogP contribution in [-0.4, -0.2) is 31.2 Å². The van der Waals surface area contributed by atoms with Crippen molar-refractivity contribution < 1.29 is 9.18 Å². The van der Waals surface area contributed by atoms with Gasteiger partial charge in [0.2, 0.25) is 5.91 Å². The summed E-state index contributed by atoms with van der Waals surface area (Å²) in [6.45, 7) is 1.50. The number of hydrazine groups is 1. The first-order valence-electron chi connectivity index (χ1n) is 3.28. The number of alkyl halides is 1. The quantitative estimate of drug-likeness (QED) is 0.583. The Morgan fingerprint density at radius 1 is 1.70 bits per heavy atom. The Morgan fingerprint density at radius 2 is 2.30 bits per heavy atom. The second-order valence-corrected chi connectivity index (χ2v) is 1.90. The van der Waals surface area contributed by atoms with Crippen LogP contribution in [0.3, 0.4) is 0 Å². The lowest BCUT2D eigenvalue weighted by Gasteiger charge is -2.15. The van der Waals surface area contributed by atoms with Crippen LogP contribution in [0.15, 0.2) is 0 Å². The van der Waals surface area contributed by atoms with Gasteiger partial charge in [-0.1, -0.05) is 6.92 Å². The number of hydrogen-bond acceptors (Lipinski definition) is 2. The van der Waals surface area contributed by atoms with Gasteiger partial charge in [0.1, 0.15) is 6.67 Å². The van der Waals surface area contributed by atoms with E-state index in [0.29, 0.717) is 6.42 Å². The van der Waals surface area contributed by atoms with Gasteiger partial charge in [0.15, 0.2) is 0 Å². The maximum absolute atomic E-state index is 11.5. The summed E-state index contributed by atoms with van der Waals surface area (Å²) in [7, 11) is 1.58. The van der Waals surface area contributed by atoms with Crippen LogP contribution in [0.5, 0.6) is 0 Å². The molecule has 60 valence electrons. The second kappa shape index (κ2) is 5.17. The molecule has 0 radical (unpaired) electrons. The normalized spacial score (nSPS) is 9.50. The van der Waals surface area contributed by atoms with E-state index in [0.717, 1.165) is 0 Å². The lowest BCUT2D eigenvalue weighted by atomic mass is 10.4. The Hall–Kier alpha value is -0.640. The summed E-state index contributed by atoms with van der Waals surface area (Å²) in [6, 6.07) is 0. The van der Waals surface area contributed by atoms with E-state index >= 15 is 0 Å². The summed E-state index contributed by atoms with van der Waals surface area (Å²) in [5.74, 6) is -0.0338. The fourth-order valence-corrected chi connectivity index (χ4v) is 0.535. The molecule has 0 aliphatic carbocycles. The number of carbonyl (C=O) groups excluding carboxylic acids is 1. The van der Waals surface area contributed by atoms with Crippen LogP contribution in [0.4, 0.5) is 4.39 Å². The van der Waals surface area contributed by atoms with Gasteiger partial charge in [-0.3, -0.25) is 9.80 Å². The summed E-state index contributed by atoms with van der Waals surface area (Å²) in [6.07, 6.45) is 0.440. The van der Waals surface area contributed by atoms with Gasteiger partial charge in [-0.15, -0.1) is 0 Å². The van der Waals surface area contributed by atoms with E-state index in [1.54, 1.807) is 14.0 Å². The Labute approximate surface area is 60.2 Å². The van der Waals surface area contributed by atoms with Crippen LogP contribution in [0.2, 0.25) is 0 Å². The molecule has 0 aromatic rings. The van der Waals surface area contributed by atoms with E-state index in [1.807, 2.05) is 0 Å². The van der Waals surface area contributed by atoms with Crippen molar-refractivity contribution in [2.24, 2.45) is 0 Å². The van der Waals surface area contributed by atoms with Crippen LogP contribution in [0, 0.1) is 0 Å². The smallest absolute Gasteiger partial charge is 0.236 e. The topological polar surface area (TPSA) is 32.3 Å². The van der Waals surface area contributed by atoms with Crippen molar-refractivity contribution in [3.63, 3.8) is 0 Å². The van der Waals surface area contributed by atoms with Crippen molar-refractivity contribution in [1.29, 1.82) is 0 Å². The summed E-state index contributed by atoms with van der Waals surface area (Å²) in [5, 5.41) is 1.31. The standard InChI is InChI=1S/C6H13FN2O/c1-3-6(10)9(2)8-5-4-7/h8H,3-5H2,1-2H3. The summed E-state index contributed by atoms with van der Waals surface area (Å²) >= 11 is 0. The van der Waals surface area contributed by atoms with Crippen LogP contribution < -0.4 is 5.43 Å². The van der Waals surface area contributed by atoms with Gasteiger partial charge in [-0.25, -0.2) is 9.82 Å². The largest absolute Gasteiger partial charge is 0.281 e. The highest BCUT2D eigenvalue weighted by molar-refractivity contribution is 5.74. The Morgan fingerprint density at radius 3 is 2.70 bits per heavy atom. The predicted molar refractivity (Wildman–Crippen MR) is 37.0 cm³/mol. The van der Waals surface area contributed by atoms with Crippen LogP contribution in [0.1, 0.15) is 13.3 Å². The summed E-state index contributed by atoms with van der Waals surface area (Å²) in [4.78, 5) is 10.8. The van der Waals surface area contributed by atoms with Crippen molar-refractivity contribution >= 4 is 5.91 Å². The van der Waals surface area contributed by atoms with Crippen molar-refractivity contribution in [2.75, 3.05) is 20.3 Å².